The summed E-state index contributed by atoms with van der Waals surface area (Å²) >= 11 is 0. The fourth-order valence-corrected chi connectivity index (χ4v) is 8.68. The van der Waals surface area contributed by atoms with E-state index in [-0.39, 0.29) is 30.0 Å². The number of carbonyl (C=O) groups excluding carboxylic acids is 4. The van der Waals surface area contributed by atoms with E-state index in [1.807, 2.05) is 26.8 Å². The third-order valence-corrected chi connectivity index (χ3v) is 10.8. The minimum atomic E-state index is -1.63. The van der Waals surface area contributed by atoms with Gasteiger partial charge in [-0.25, -0.2) is 9.59 Å². The molecule has 2 heterocycles. The third kappa shape index (κ3) is 4.14. The molecule has 3 aliphatic carbocycles. The van der Waals surface area contributed by atoms with E-state index < -0.39 is 58.3 Å². The van der Waals surface area contributed by atoms with Gasteiger partial charge >= 0.3 is 17.9 Å². The summed E-state index contributed by atoms with van der Waals surface area (Å²) in [7, 11) is 1.20. The number of carbonyl (C=O) groups is 4. The highest BCUT2D eigenvalue weighted by atomic mass is 16.6. The Morgan fingerprint density at radius 1 is 1.17 bits per heavy atom. The van der Waals surface area contributed by atoms with Crippen molar-refractivity contribution in [2.75, 3.05) is 7.11 Å². The van der Waals surface area contributed by atoms with Gasteiger partial charge in [0.15, 0.2) is 6.10 Å². The molecule has 4 unspecified atom stereocenters. The number of cyclic esters (lactones) is 1. The van der Waals surface area contributed by atoms with Gasteiger partial charge in [-0.15, -0.1) is 0 Å². The lowest BCUT2D eigenvalue weighted by atomic mass is 9.40. The van der Waals surface area contributed by atoms with Crippen molar-refractivity contribution in [3.05, 3.63) is 47.5 Å². The number of ketones is 1. The van der Waals surface area contributed by atoms with Crippen molar-refractivity contribution < 1.29 is 42.9 Å². The Balaban J connectivity index is 1.69. The molecule has 1 N–H and O–H groups in total. The molecule has 0 radical (unpaired) electrons. The number of allylic oxidation sites excluding steroid dienone is 2. The minimum absolute atomic E-state index is 0.139. The second kappa shape index (κ2) is 9.96. The molecule has 0 aromatic carbocycles. The number of ether oxygens (including phenoxy) is 3. The minimum Gasteiger partial charge on any atom is -0.472 e. The van der Waals surface area contributed by atoms with E-state index in [1.165, 1.54) is 7.11 Å². The quantitative estimate of drug-likeness (QED) is 0.236. The van der Waals surface area contributed by atoms with Gasteiger partial charge in [0.2, 0.25) is 0 Å². The molecule has 2 saturated carbocycles. The number of aliphatic hydroxyl groups excluding tert-OH is 1. The van der Waals surface area contributed by atoms with E-state index in [9.17, 15) is 24.3 Å². The zero-order chi connectivity index (χ0) is 30.1. The van der Waals surface area contributed by atoms with Crippen LogP contribution in [0.2, 0.25) is 0 Å². The summed E-state index contributed by atoms with van der Waals surface area (Å²) in [5.41, 5.74) is -0.563. The number of aliphatic hydroxyl groups is 1. The summed E-state index contributed by atoms with van der Waals surface area (Å²) in [4.78, 5) is 53.4. The van der Waals surface area contributed by atoms with Crippen molar-refractivity contribution in [2.24, 2.45) is 39.9 Å². The molecular formula is C32H40O9. The maximum Gasteiger partial charge on any atom is 0.335 e. The van der Waals surface area contributed by atoms with Crippen molar-refractivity contribution in [2.45, 2.75) is 79.1 Å². The molecule has 9 atom stereocenters. The van der Waals surface area contributed by atoms with Gasteiger partial charge in [-0.05, 0) is 44.6 Å². The predicted molar refractivity (Wildman–Crippen MR) is 146 cm³/mol. The number of fused-ring (bicyclic) bond motifs is 6. The van der Waals surface area contributed by atoms with Crippen LogP contribution < -0.4 is 0 Å². The molecule has 3 fully saturated rings. The smallest absolute Gasteiger partial charge is 0.335 e. The summed E-state index contributed by atoms with van der Waals surface area (Å²) in [6.07, 6.45) is 4.96. The first-order chi connectivity index (χ1) is 19.2. The monoisotopic (exact) mass is 568 g/mol. The standard InChI is InChI=1S/C32H40O9/c1-8-16(2)28(36)41-27-19-13-18-20(32(6,25(19)35)24(30(27,3)4)23(34)29(37)38-7)9-11-31(5)21(18)14-22(33)40-26(31)17-10-12-39-15-17/h8,10,12-13,15,19-21,23-24,26-27,34H,9,11,14H2,1-7H3/b16-8+/t19-,20?,21?,23?,24+,26+,27?,31-,32-/m1/s1. The maximum absolute atomic E-state index is 14.5. The molecule has 1 aromatic rings. The highest BCUT2D eigenvalue weighted by Crippen LogP contribution is 2.68. The topological polar surface area (TPSA) is 129 Å². The number of hydrogen-bond donors (Lipinski definition) is 1. The Kier molecular flexibility index (Phi) is 7.12. The van der Waals surface area contributed by atoms with E-state index >= 15 is 0 Å². The molecule has 9 nitrogen and oxygen atoms in total. The predicted octanol–water partition coefficient (Wildman–Crippen LogP) is 4.50. The summed E-state index contributed by atoms with van der Waals surface area (Å²) in [5, 5.41) is 11.5. The lowest BCUT2D eigenvalue weighted by molar-refractivity contribution is -0.208. The van der Waals surface area contributed by atoms with Crippen molar-refractivity contribution in [3.8, 4) is 0 Å². The van der Waals surface area contributed by atoms with Gasteiger partial charge in [0.1, 0.15) is 18.0 Å². The Morgan fingerprint density at radius 2 is 1.88 bits per heavy atom. The molecular weight excluding hydrogens is 528 g/mol. The van der Waals surface area contributed by atoms with Gasteiger partial charge in [-0.3, -0.25) is 9.59 Å². The number of esters is 3. The average molecular weight is 569 g/mol. The van der Waals surface area contributed by atoms with E-state index in [2.05, 4.69) is 6.92 Å². The molecule has 41 heavy (non-hydrogen) atoms. The van der Waals surface area contributed by atoms with E-state index in [0.29, 0.717) is 18.4 Å². The second-order valence-corrected chi connectivity index (χ2v) is 13.2. The molecule has 1 saturated heterocycles. The van der Waals surface area contributed by atoms with Crippen LogP contribution in [-0.2, 0) is 33.4 Å². The summed E-state index contributed by atoms with van der Waals surface area (Å²) in [5.74, 6) is -4.27. The average Bonchev–Trinajstić information content (AvgIpc) is 3.46. The zero-order valence-corrected chi connectivity index (χ0v) is 24.8. The Bertz CT molecular complexity index is 1320. The first kappa shape index (κ1) is 29.3. The Labute approximate surface area is 240 Å². The third-order valence-electron chi connectivity index (χ3n) is 10.8. The molecule has 1 aromatic heterocycles. The lowest BCUT2D eigenvalue weighted by Gasteiger charge is -2.64. The van der Waals surface area contributed by atoms with Gasteiger partial charge in [-0.2, -0.15) is 0 Å². The van der Waals surface area contributed by atoms with Gasteiger partial charge in [0.05, 0.1) is 32.0 Å². The van der Waals surface area contributed by atoms with Crippen molar-refractivity contribution >= 4 is 23.7 Å². The summed E-state index contributed by atoms with van der Waals surface area (Å²) < 4.78 is 22.2. The number of methoxy groups -OCH3 is 1. The first-order valence-corrected chi connectivity index (χ1v) is 14.3. The van der Waals surface area contributed by atoms with Crippen molar-refractivity contribution in [3.63, 3.8) is 0 Å². The fraction of sp³-hybridized carbons (Fsp3) is 0.625. The molecule has 222 valence electrons. The number of furan rings is 1. The van der Waals surface area contributed by atoms with Crippen LogP contribution in [0.1, 0.15) is 72.5 Å². The molecule has 0 amide bonds. The molecule has 5 rings (SSSR count). The molecule has 9 heteroatoms. The van der Waals surface area contributed by atoms with Crippen LogP contribution in [0.25, 0.3) is 0 Å². The van der Waals surface area contributed by atoms with Crippen molar-refractivity contribution in [1.82, 2.24) is 0 Å². The second-order valence-electron chi connectivity index (χ2n) is 13.2. The van der Waals surface area contributed by atoms with Crippen LogP contribution in [0.4, 0.5) is 0 Å². The first-order valence-electron chi connectivity index (χ1n) is 14.3. The maximum atomic E-state index is 14.5. The highest BCUT2D eigenvalue weighted by molar-refractivity contribution is 5.95. The molecule has 2 bridgehead atoms. The van der Waals surface area contributed by atoms with E-state index in [1.54, 1.807) is 38.5 Å². The lowest BCUT2D eigenvalue weighted by Crippen LogP contribution is -2.69. The highest BCUT2D eigenvalue weighted by Gasteiger charge is 2.70. The summed E-state index contributed by atoms with van der Waals surface area (Å²) in [6, 6.07) is 1.80. The van der Waals surface area contributed by atoms with Gasteiger partial charge in [0.25, 0.3) is 0 Å². The van der Waals surface area contributed by atoms with Gasteiger partial charge in [0, 0.05) is 33.3 Å². The van der Waals surface area contributed by atoms with Crippen LogP contribution in [-0.4, -0.2) is 48.1 Å². The van der Waals surface area contributed by atoms with Crippen LogP contribution in [0.5, 0.6) is 0 Å². The Hall–Kier alpha value is -3.20. The Morgan fingerprint density at radius 3 is 2.49 bits per heavy atom. The summed E-state index contributed by atoms with van der Waals surface area (Å²) in [6.45, 7) is 11.0. The number of Topliss-reactive ketones (excluding diaryl/α,β-unsaturated/α-hetero) is 1. The number of hydrogen-bond acceptors (Lipinski definition) is 9. The van der Waals surface area contributed by atoms with Gasteiger partial charge < -0.3 is 23.7 Å². The SMILES string of the molecule is C/C=C(\C)C(=O)OC1[C@@H]2C=C3C4CC(=O)O[C@@H](c5ccoc5)[C@]4(C)CCC3[C@@](C)(C2=O)[C@@H](C(O)C(=O)OC)C1(C)C. The number of rotatable bonds is 5. The van der Waals surface area contributed by atoms with Crippen LogP contribution >= 0.6 is 0 Å². The fourth-order valence-electron chi connectivity index (χ4n) is 8.68. The largest absolute Gasteiger partial charge is 0.472 e. The van der Waals surface area contributed by atoms with Crippen LogP contribution in [0.3, 0.4) is 0 Å². The zero-order valence-electron chi connectivity index (χ0n) is 24.8. The van der Waals surface area contributed by atoms with E-state index in [0.717, 1.165) is 11.1 Å². The molecule has 1 aliphatic heterocycles. The molecule has 4 aliphatic rings. The van der Waals surface area contributed by atoms with Crippen LogP contribution in [0.15, 0.2) is 46.3 Å². The molecule has 0 spiro atoms. The van der Waals surface area contributed by atoms with E-state index in [4.69, 9.17) is 18.6 Å². The van der Waals surface area contributed by atoms with Crippen LogP contribution in [0, 0.1) is 39.9 Å². The van der Waals surface area contributed by atoms with Gasteiger partial charge in [-0.1, -0.05) is 45.4 Å². The normalized spacial score (nSPS) is 38.5. The van der Waals surface area contributed by atoms with Crippen molar-refractivity contribution in [1.29, 1.82) is 0 Å².